The molecule has 0 aliphatic carbocycles. The van der Waals surface area contributed by atoms with E-state index in [9.17, 15) is 8.42 Å². The molecule has 1 heterocycles. The maximum absolute atomic E-state index is 10.6. The predicted molar refractivity (Wildman–Crippen MR) is 68.0 cm³/mol. The Morgan fingerprint density at radius 2 is 1.82 bits per heavy atom. The molecule has 4 nitrogen and oxygen atoms in total. The highest BCUT2D eigenvalue weighted by Crippen LogP contribution is 2.17. The van der Waals surface area contributed by atoms with E-state index >= 15 is 0 Å². The third-order valence-electron chi connectivity index (χ3n) is 2.21. The van der Waals surface area contributed by atoms with Gasteiger partial charge < -0.3 is 5.32 Å². The predicted octanol–water partition coefficient (Wildman–Crippen LogP) is 1.94. The molecule has 0 fully saturated rings. The van der Waals surface area contributed by atoms with E-state index in [4.69, 9.17) is 0 Å². The fourth-order valence-corrected chi connectivity index (χ4v) is 1.99. The van der Waals surface area contributed by atoms with Crippen LogP contribution in [-0.4, -0.2) is 13.4 Å². The monoisotopic (exact) mass is 248 g/mol. The number of hydrogen-bond acceptors (Lipinski definition) is 4. The summed E-state index contributed by atoms with van der Waals surface area (Å²) in [6.45, 7) is 0. The van der Waals surface area contributed by atoms with E-state index in [1.165, 1.54) is 0 Å². The molecular weight excluding hydrogens is 236 g/mol. The van der Waals surface area contributed by atoms with Crippen molar-refractivity contribution in [2.45, 2.75) is 5.75 Å². The van der Waals surface area contributed by atoms with E-state index in [0.717, 1.165) is 16.9 Å². The molecule has 0 radical (unpaired) electrons. The topological polar surface area (TPSA) is 59.1 Å². The van der Waals surface area contributed by atoms with Gasteiger partial charge in [-0.25, -0.2) is 8.42 Å². The van der Waals surface area contributed by atoms with Crippen molar-refractivity contribution in [1.82, 2.24) is 4.98 Å². The molecule has 0 spiro atoms. The molecule has 2 rings (SSSR count). The van der Waals surface area contributed by atoms with Gasteiger partial charge in [0.05, 0.1) is 5.75 Å². The molecule has 0 atom stereocenters. The van der Waals surface area contributed by atoms with Crippen LogP contribution in [0.5, 0.6) is 0 Å². The highest BCUT2D eigenvalue weighted by atomic mass is 32.2. The Balaban J connectivity index is 2.16. The van der Waals surface area contributed by atoms with Gasteiger partial charge in [0.25, 0.3) is 0 Å². The molecule has 0 aliphatic heterocycles. The van der Waals surface area contributed by atoms with E-state index in [2.05, 4.69) is 10.3 Å². The zero-order valence-corrected chi connectivity index (χ0v) is 9.93. The van der Waals surface area contributed by atoms with Crippen molar-refractivity contribution in [3.63, 3.8) is 0 Å². The van der Waals surface area contributed by atoms with Gasteiger partial charge in [-0.05, 0) is 29.8 Å². The second-order valence-corrected chi connectivity index (χ2v) is 4.53. The number of nitrogens with one attached hydrogen (secondary N) is 1. The lowest BCUT2D eigenvalue weighted by molar-refractivity contribution is 0.614. The minimum absolute atomic E-state index is 0.0706. The minimum Gasteiger partial charge on any atom is -0.355 e. The van der Waals surface area contributed by atoms with Crippen molar-refractivity contribution >= 4 is 22.1 Å². The number of rotatable bonds is 4. The van der Waals surface area contributed by atoms with Gasteiger partial charge in [-0.1, -0.05) is 12.1 Å². The highest BCUT2D eigenvalue weighted by molar-refractivity contribution is 7.71. The van der Waals surface area contributed by atoms with Crippen LogP contribution in [0, 0.1) is 0 Å². The van der Waals surface area contributed by atoms with Crippen LogP contribution in [0.2, 0.25) is 0 Å². The number of pyridine rings is 1. The van der Waals surface area contributed by atoms with Gasteiger partial charge in [0.2, 0.25) is 0 Å². The maximum atomic E-state index is 10.6. The molecule has 1 N–H and O–H groups in total. The van der Waals surface area contributed by atoms with Gasteiger partial charge in [-0.3, -0.25) is 4.98 Å². The summed E-state index contributed by atoms with van der Waals surface area (Å²) in [5, 5.41) is 3.18. The average molecular weight is 248 g/mol. The van der Waals surface area contributed by atoms with Crippen LogP contribution in [0.3, 0.4) is 0 Å². The van der Waals surface area contributed by atoms with E-state index in [1.54, 1.807) is 18.5 Å². The van der Waals surface area contributed by atoms with Gasteiger partial charge in [-0.15, -0.1) is 0 Å². The lowest BCUT2D eigenvalue weighted by Crippen LogP contribution is -1.92. The molecule has 0 aliphatic rings. The molecule has 0 unspecified atom stereocenters. The molecule has 0 saturated heterocycles. The van der Waals surface area contributed by atoms with Gasteiger partial charge in [-0.2, -0.15) is 0 Å². The number of thiol groups is 1. The highest BCUT2D eigenvalue weighted by Gasteiger charge is 1.98. The molecule has 1 aromatic heterocycles. The first-order chi connectivity index (χ1) is 8.24. The SMILES string of the molecule is O=[SH](=O)Cc1cccc(Nc2ccncc2)c1. The normalized spacial score (nSPS) is 10.4. The van der Waals surface area contributed by atoms with Crippen molar-refractivity contribution in [2.24, 2.45) is 0 Å². The summed E-state index contributed by atoms with van der Waals surface area (Å²) in [6, 6.07) is 11.0. The number of anilines is 2. The number of nitrogens with zero attached hydrogens (tertiary/aromatic N) is 1. The Kier molecular flexibility index (Phi) is 3.72. The van der Waals surface area contributed by atoms with E-state index in [-0.39, 0.29) is 5.75 Å². The van der Waals surface area contributed by atoms with E-state index in [1.807, 2.05) is 30.3 Å². The van der Waals surface area contributed by atoms with Gasteiger partial charge >= 0.3 is 0 Å². The molecule has 0 amide bonds. The molecule has 0 bridgehead atoms. The Labute approximate surface area is 101 Å². The van der Waals surface area contributed by atoms with Crippen LogP contribution < -0.4 is 5.32 Å². The number of benzene rings is 1. The molecule has 5 heteroatoms. The summed E-state index contributed by atoms with van der Waals surface area (Å²) in [7, 11) is -2.39. The molecule has 88 valence electrons. The standard InChI is InChI=1S/C12H12N2O2S/c15-17(16)9-10-2-1-3-12(8-10)14-11-4-6-13-7-5-11/h1-8,17H,9H2,(H,13,14). The van der Waals surface area contributed by atoms with Crippen molar-refractivity contribution in [2.75, 3.05) is 5.32 Å². The van der Waals surface area contributed by atoms with Crippen LogP contribution in [0.1, 0.15) is 5.56 Å². The van der Waals surface area contributed by atoms with Crippen LogP contribution >= 0.6 is 0 Å². The smallest absolute Gasteiger partial charge is 0.144 e. The molecule has 17 heavy (non-hydrogen) atoms. The zero-order chi connectivity index (χ0) is 12.1. The van der Waals surface area contributed by atoms with E-state index < -0.39 is 10.7 Å². The maximum Gasteiger partial charge on any atom is 0.144 e. The number of aromatic nitrogens is 1. The average Bonchev–Trinajstić information content (AvgIpc) is 2.30. The van der Waals surface area contributed by atoms with Gasteiger partial charge in [0.1, 0.15) is 10.7 Å². The third-order valence-corrected chi connectivity index (χ3v) is 2.83. The Bertz CT molecular complexity index is 560. The second kappa shape index (κ2) is 5.45. The summed E-state index contributed by atoms with van der Waals surface area (Å²) in [4.78, 5) is 3.92. The fraction of sp³-hybridized carbons (Fsp3) is 0.0833. The van der Waals surface area contributed by atoms with Crippen molar-refractivity contribution < 1.29 is 8.42 Å². The first kappa shape index (κ1) is 11.6. The first-order valence-electron chi connectivity index (χ1n) is 5.12. The Morgan fingerprint density at radius 1 is 1.06 bits per heavy atom. The summed E-state index contributed by atoms with van der Waals surface area (Å²) >= 11 is 0. The number of hydrogen-bond donors (Lipinski definition) is 2. The summed E-state index contributed by atoms with van der Waals surface area (Å²) < 4.78 is 21.3. The summed E-state index contributed by atoms with van der Waals surface area (Å²) in [6.07, 6.45) is 3.39. The van der Waals surface area contributed by atoms with Crippen molar-refractivity contribution in [1.29, 1.82) is 0 Å². The van der Waals surface area contributed by atoms with Gasteiger partial charge in [0.15, 0.2) is 0 Å². The largest absolute Gasteiger partial charge is 0.355 e. The Hall–Kier alpha value is -1.88. The lowest BCUT2D eigenvalue weighted by atomic mass is 10.2. The molecule has 0 saturated carbocycles. The second-order valence-electron chi connectivity index (χ2n) is 3.55. The lowest BCUT2D eigenvalue weighted by Gasteiger charge is -2.06. The molecular formula is C12H12N2O2S. The quantitative estimate of drug-likeness (QED) is 0.812. The van der Waals surface area contributed by atoms with Crippen LogP contribution in [0.4, 0.5) is 11.4 Å². The van der Waals surface area contributed by atoms with Crippen molar-refractivity contribution in [3.8, 4) is 0 Å². The van der Waals surface area contributed by atoms with Crippen LogP contribution in [0.15, 0.2) is 48.8 Å². The van der Waals surface area contributed by atoms with Gasteiger partial charge in [0, 0.05) is 23.8 Å². The zero-order valence-electron chi connectivity index (χ0n) is 9.04. The van der Waals surface area contributed by atoms with Crippen molar-refractivity contribution in [3.05, 3.63) is 54.4 Å². The minimum atomic E-state index is -2.39. The summed E-state index contributed by atoms with van der Waals surface area (Å²) in [5.74, 6) is 0.0706. The first-order valence-corrected chi connectivity index (χ1v) is 6.48. The molecule has 1 aromatic carbocycles. The van der Waals surface area contributed by atoms with Crippen LogP contribution in [0.25, 0.3) is 0 Å². The van der Waals surface area contributed by atoms with Crippen LogP contribution in [-0.2, 0) is 16.5 Å². The molecule has 2 aromatic rings. The summed E-state index contributed by atoms with van der Waals surface area (Å²) in [5.41, 5.74) is 2.56. The third kappa shape index (κ3) is 3.57. The van der Waals surface area contributed by atoms with E-state index in [0.29, 0.717) is 0 Å². The fourth-order valence-electron chi connectivity index (χ4n) is 1.50. The Morgan fingerprint density at radius 3 is 2.53 bits per heavy atom.